The lowest BCUT2D eigenvalue weighted by atomic mass is 9.94. The van der Waals surface area contributed by atoms with Crippen molar-refractivity contribution in [3.8, 4) is 0 Å². The third-order valence-electron chi connectivity index (χ3n) is 2.03. The topological polar surface area (TPSA) is 52.5 Å². The number of aliphatic hydroxyl groups is 2. The molecule has 1 fully saturated rings. The summed E-state index contributed by atoms with van der Waals surface area (Å²) in [5.41, 5.74) is 0. The van der Waals surface area contributed by atoms with E-state index in [9.17, 15) is 5.11 Å². The lowest BCUT2D eigenvalue weighted by Crippen LogP contribution is -2.49. The predicted molar refractivity (Wildman–Crippen MR) is 38.7 cm³/mol. The van der Waals surface area contributed by atoms with Crippen molar-refractivity contribution < 1.29 is 10.2 Å². The number of nitrogens with one attached hydrogen (secondary N) is 1. The van der Waals surface area contributed by atoms with Crippen molar-refractivity contribution in [2.24, 2.45) is 5.92 Å². The minimum absolute atomic E-state index is 0.0356. The number of rotatable bonds is 1. The van der Waals surface area contributed by atoms with Crippen LogP contribution in [0.2, 0.25) is 0 Å². The molecule has 3 heteroatoms. The standard InChI is InChI=1S/C7H15NO2/c1-5-2-7(10)6(4-9)8-3-5/h5-10H,2-4H2,1H3/t5-,6?,7+/m0/s1. The van der Waals surface area contributed by atoms with Crippen LogP contribution < -0.4 is 5.32 Å². The smallest absolute Gasteiger partial charge is 0.0718 e. The van der Waals surface area contributed by atoms with Crippen molar-refractivity contribution in [3.63, 3.8) is 0 Å². The van der Waals surface area contributed by atoms with Crippen molar-refractivity contribution in [3.05, 3.63) is 0 Å². The van der Waals surface area contributed by atoms with Crippen LogP contribution in [0.15, 0.2) is 0 Å². The molecule has 60 valence electrons. The fraction of sp³-hybridized carbons (Fsp3) is 1.00. The Morgan fingerprint density at radius 3 is 2.80 bits per heavy atom. The van der Waals surface area contributed by atoms with Gasteiger partial charge in [0.25, 0.3) is 0 Å². The highest BCUT2D eigenvalue weighted by Gasteiger charge is 2.25. The Morgan fingerprint density at radius 1 is 1.60 bits per heavy atom. The first-order valence-corrected chi connectivity index (χ1v) is 3.76. The zero-order chi connectivity index (χ0) is 7.56. The lowest BCUT2D eigenvalue weighted by molar-refractivity contribution is 0.0476. The maximum absolute atomic E-state index is 9.32. The van der Waals surface area contributed by atoms with E-state index >= 15 is 0 Å². The zero-order valence-electron chi connectivity index (χ0n) is 6.25. The molecule has 1 saturated heterocycles. The third kappa shape index (κ3) is 1.68. The van der Waals surface area contributed by atoms with Crippen molar-refractivity contribution >= 4 is 0 Å². The van der Waals surface area contributed by atoms with Crippen LogP contribution in [-0.2, 0) is 0 Å². The Morgan fingerprint density at radius 2 is 2.30 bits per heavy atom. The lowest BCUT2D eigenvalue weighted by Gasteiger charge is -2.31. The molecule has 3 nitrogen and oxygen atoms in total. The molecule has 0 spiro atoms. The predicted octanol–water partition coefficient (Wildman–Crippen LogP) is -0.662. The van der Waals surface area contributed by atoms with Gasteiger partial charge >= 0.3 is 0 Å². The van der Waals surface area contributed by atoms with Gasteiger partial charge in [0.2, 0.25) is 0 Å². The van der Waals surface area contributed by atoms with Crippen LogP contribution in [-0.4, -0.2) is 35.5 Å². The molecule has 1 aliphatic heterocycles. The summed E-state index contributed by atoms with van der Waals surface area (Å²) in [4.78, 5) is 0. The second-order valence-corrected chi connectivity index (χ2v) is 3.11. The van der Waals surface area contributed by atoms with E-state index in [0.717, 1.165) is 13.0 Å². The summed E-state index contributed by atoms with van der Waals surface area (Å²) in [5.74, 6) is 0.526. The summed E-state index contributed by atoms with van der Waals surface area (Å²) < 4.78 is 0. The van der Waals surface area contributed by atoms with E-state index in [1.165, 1.54) is 0 Å². The monoisotopic (exact) mass is 145 g/mol. The number of hydrogen-bond donors (Lipinski definition) is 3. The molecule has 0 bridgehead atoms. The molecule has 1 aliphatic rings. The number of aliphatic hydroxyl groups excluding tert-OH is 2. The molecule has 1 unspecified atom stereocenters. The highest BCUT2D eigenvalue weighted by Crippen LogP contribution is 2.13. The van der Waals surface area contributed by atoms with Gasteiger partial charge < -0.3 is 15.5 Å². The first kappa shape index (κ1) is 7.98. The molecule has 0 aromatic rings. The van der Waals surface area contributed by atoms with E-state index in [4.69, 9.17) is 5.11 Å². The van der Waals surface area contributed by atoms with Crippen LogP contribution in [0.1, 0.15) is 13.3 Å². The fourth-order valence-corrected chi connectivity index (χ4v) is 1.33. The largest absolute Gasteiger partial charge is 0.395 e. The second-order valence-electron chi connectivity index (χ2n) is 3.11. The van der Waals surface area contributed by atoms with E-state index in [1.807, 2.05) is 0 Å². The normalized spacial score (nSPS) is 41.7. The average Bonchev–Trinajstić information content (AvgIpc) is 1.88. The van der Waals surface area contributed by atoms with Crippen LogP contribution in [0.5, 0.6) is 0 Å². The SMILES string of the molecule is C[C@@H]1CNC(CO)[C@H](O)C1. The summed E-state index contributed by atoms with van der Waals surface area (Å²) in [7, 11) is 0. The number of piperidine rings is 1. The van der Waals surface area contributed by atoms with Crippen LogP contribution in [0.25, 0.3) is 0 Å². The molecule has 0 aromatic carbocycles. The summed E-state index contributed by atoms with van der Waals surface area (Å²) in [6.07, 6.45) is 0.437. The van der Waals surface area contributed by atoms with Crippen LogP contribution in [0.4, 0.5) is 0 Å². The first-order valence-electron chi connectivity index (χ1n) is 3.76. The van der Waals surface area contributed by atoms with Gasteiger partial charge in [-0.05, 0) is 18.9 Å². The van der Waals surface area contributed by atoms with Gasteiger partial charge in [-0.3, -0.25) is 0 Å². The summed E-state index contributed by atoms with van der Waals surface area (Å²) in [5, 5.41) is 21.1. The van der Waals surface area contributed by atoms with Crippen molar-refractivity contribution in [2.45, 2.75) is 25.5 Å². The maximum atomic E-state index is 9.32. The van der Waals surface area contributed by atoms with Crippen molar-refractivity contribution in [2.75, 3.05) is 13.2 Å². The average molecular weight is 145 g/mol. The van der Waals surface area contributed by atoms with Crippen molar-refractivity contribution in [1.82, 2.24) is 5.32 Å². The van der Waals surface area contributed by atoms with Gasteiger partial charge in [0.15, 0.2) is 0 Å². The van der Waals surface area contributed by atoms with Crippen molar-refractivity contribution in [1.29, 1.82) is 0 Å². The van der Waals surface area contributed by atoms with Crippen LogP contribution in [0.3, 0.4) is 0 Å². The molecule has 0 aliphatic carbocycles. The molecule has 3 atom stereocenters. The number of hydrogen-bond acceptors (Lipinski definition) is 3. The highest BCUT2D eigenvalue weighted by atomic mass is 16.3. The van der Waals surface area contributed by atoms with Gasteiger partial charge in [0.1, 0.15) is 0 Å². The molecule has 0 amide bonds. The van der Waals surface area contributed by atoms with E-state index in [0.29, 0.717) is 5.92 Å². The minimum Gasteiger partial charge on any atom is -0.395 e. The zero-order valence-corrected chi connectivity index (χ0v) is 6.25. The Balaban J connectivity index is 2.36. The fourth-order valence-electron chi connectivity index (χ4n) is 1.33. The second kappa shape index (κ2) is 3.32. The molecule has 0 radical (unpaired) electrons. The van der Waals surface area contributed by atoms with Gasteiger partial charge in [0, 0.05) is 0 Å². The van der Waals surface area contributed by atoms with Crippen LogP contribution in [0, 0.1) is 5.92 Å². The van der Waals surface area contributed by atoms with Gasteiger partial charge in [-0.15, -0.1) is 0 Å². The first-order chi connectivity index (χ1) is 4.74. The van der Waals surface area contributed by atoms with Gasteiger partial charge in [-0.2, -0.15) is 0 Å². The quantitative estimate of drug-likeness (QED) is 0.459. The van der Waals surface area contributed by atoms with E-state index < -0.39 is 0 Å². The molecular weight excluding hydrogens is 130 g/mol. The molecule has 1 heterocycles. The maximum Gasteiger partial charge on any atom is 0.0718 e. The van der Waals surface area contributed by atoms with Gasteiger partial charge in [0.05, 0.1) is 18.8 Å². The van der Waals surface area contributed by atoms with Gasteiger partial charge in [-0.25, -0.2) is 0 Å². The molecule has 3 N–H and O–H groups in total. The summed E-state index contributed by atoms with van der Waals surface area (Å²) in [6, 6.07) is -0.101. The molecule has 0 saturated carbocycles. The van der Waals surface area contributed by atoms with Crippen LogP contribution >= 0.6 is 0 Å². The Bertz CT molecular complexity index is 108. The molecule has 0 aromatic heterocycles. The Hall–Kier alpha value is -0.120. The summed E-state index contributed by atoms with van der Waals surface area (Å²) in [6.45, 7) is 3.03. The van der Waals surface area contributed by atoms with E-state index in [-0.39, 0.29) is 18.8 Å². The third-order valence-corrected chi connectivity index (χ3v) is 2.03. The molecule has 1 rings (SSSR count). The van der Waals surface area contributed by atoms with E-state index in [2.05, 4.69) is 12.2 Å². The minimum atomic E-state index is -0.367. The van der Waals surface area contributed by atoms with E-state index in [1.54, 1.807) is 0 Å². The molecular formula is C7H15NO2. The Labute approximate surface area is 61.1 Å². The Kier molecular flexibility index (Phi) is 2.65. The summed E-state index contributed by atoms with van der Waals surface area (Å²) >= 11 is 0. The van der Waals surface area contributed by atoms with Gasteiger partial charge in [-0.1, -0.05) is 6.92 Å². The molecule has 10 heavy (non-hydrogen) atoms. The highest BCUT2D eigenvalue weighted by molar-refractivity contribution is 4.82.